The van der Waals surface area contributed by atoms with Crippen molar-refractivity contribution in [1.29, 1.82) is 0 Å². The third-order valence-corrected chi connectivity index (χ3v) is 1.89. The van der Waals surface area contributed by atoms with E-state index in [0.717, 1.165) is 0 Å². The predicted molar refractivity (Wildman–Crippen MR) is 54.7 cm³/mol. The van der Waals surface area contributed by atoms with Crippen LogP contribution in [0, 0.1) is 0 Å². The van der Waals surface area contributed by atoms with Gasteiger partial charge in [0, 0.05) is 26.2 Å². The second-order valence-electron chi connectivity index (χ2n) is 2.36. The van der Waals surface area contributed by atoms with E-state index in [0.29, 0.717) is 0 Å². The molecule has 1 aromatic heterocycles. The highest BCUT2D eigenvalue weighted by Crippen LogP contribution is 2.27. The summed E-state index contributed by atoms with van der Waals surface area (Å²) in [6.07, 6.45) is -5.47. The van der Waals surface area contributed by atoms with Crippen molar-refractivity contribution in [1.82, 2.24) is 4.98 Å². The number of aromatic nitrogens is 1. The normalized spacial score (nSPS) is 37.9. The Morgan fingerprint density at radius 1 is 1.69 bits per heavy atom. The largest absolute Gasteiger partial charge is 0.381 e. The molecule has 0 aliphatic carbocycles. The average molecular weight is 250 g/mol. The van der Waals surface area contributed by atoms with Gasteiger partial charge in [-0.05, 0) is 52.2 Å². The highest BCUT2D eigenvalue weighted by molar-refractivity contribution is 9.10. The summed E-state index contributed by atoms with van der Waals surface area (Å²) in [5.41, 5.74) is -0.493. The van der Waals surface area contributed by atoms with Gasteiger partial charge < -0.3 is 4.74 Å². The van der Waals surface area contributed by atoms with Gasteiger partial charge in [-0.25, -0.2) is 4.98 Å². The quantitative estimate of drug-likeness (QED) is 0.715. The van der Waals surface area contributed by atoms with Crippen LogP contribution in [-0.2, 0) is 4.74 Å². The molecule has 1 aliphatic rings. The first-order chi connectivity index (χ1) is 9.46. The van der Waals surface area contributed by atoms with Crippen LogP contribution >= 0.6 is 15.9 Å². The minimum Gasteiger partial charge on any atom is -0.381 e. The lowest BCUT2D eigenvalue weighted by molar-refractivity contribution is 0.0853. The first-order valence-corrected chi connectivity index (χ1v) is 4.46. The molecule has 70 valence electrons. The number of nitrogens with zero attached hydrogens (tertiary/aromatic N) is 1. The predicted octanol–water partition coefficient (Wildman–Crippen LogP) is 2.74. The number of rotatable bonds is 1. The van der Waals surface area contributed by atoms with E-state index in [4.69, 9.17) is 15.7 Å². The SMILES string of the molecule is [2H]c1nc(Br)c([2H])c(C2([2H])C([2H])([2H])COCC2([2H])[2H])c1[2H]. The minimum atomic E-state index is -2.55. The molecule has 2 nitrogen and oxygen atoms in total. The average Bonchev–Trinajstić information content (AvgIpc) is 2.34. The van der Waals surface area contributed by atoms with Gasteiger partial charge in [0.2, 0.25) is 0 Å². The molecule has 0 unspecified atom stereocenters. The molecular weight excluding hydrogens is 230 g/mol. The van der Waals surface area contributed by atoms with Gasteiger partial charge in [-0.2, -0.15) is 0 Å². The lowest BCUT2D eigenvalue weighted by Gasteiger charge is -2.22. The molecule has 3 heteroatoms. The fourth-order valence-corrected chi connectivity index (χ4v) is 1.24. The molecule has 0 bridgehead atoms. The van der Waals surface area contributed by atoms with Gasteiger partial charge in [-0.1, -0.05) is 0 Å². The van der Waals surface area contributed by atoms with Crippen molar-refractivity contribution >= 4 is 15.9 Å². The fourth-order valence-electron chi connectivity index (χ4n) is 0.957. The van der Waals surface area contributed by atoms with Crippen molar-refractivity contribution in [3.8, 4) is 0 Å². The number of hydrogen-bond donors (Lipinski definition) is 0. The van der Waals surface area contributed by atoms with E-state index in [2.05, 4.69) is 20.9 Å². The van der Waals surface area contributed by atoms with Crippen molar-refractivity contribution < 1.29 is 15.7 Å². The molecule has 1 aromatic rings. The van der Waals surface area contributed by atoms with E-state index >= 15 is 0 Å². The Kier molecular flexibility index (Phi) is 1.17. The van der Waals surface area contributed by atoms with Crippen molar-refractivity contribution in [2.45, 2.75) is 18.6 Å². The standard InChI is InChI=1S/C10H12BrNO/c11-10-7-9(1-4-12-10)8-2-5-13-6-3-8/h1,4,7-8H,2-3,5-6H2/i1D,2D2,3D2,4D,7D,8D. The monoisotopic (exact) mass is 249 g/mol. The maximum absolute atomic E-state index is 8.44. The van der Waals surface area contributed by atoms with E-state index < -0.39 is 55.7 Å². The summed E-state index contributed by atoms with van der Waals surface area (Å²) >= 11 is 2.94. The van der Waals surface area contributed by atoms with Gasteiger partial charge in [0.1, 0.15) is 4.60 Å². The highest BCUT2D eigenvalue weighted by Gasteiger charge is 2.15. The summed E-state index contributed by atoms with van der Waals surface area (Å²) in [4.78, 5) is 3.60. The molecule has 2 rings (SSSR count). The van der Waals surface area contributed by atoms with Crippen LogP contribution in [0.15, 0.2) is 22.9 Å². The van der Waals surface area contributed by atoms with E-state index in [1.165, 1.54) is 0 Å². The Hall–Kier alpha value is -0.410. The smallest absolute Gasteiger partial charge is 0.106 e. The Morgan fingerprint density at radius 3 is 3.23 bits per heavy atom. The Labute approximate surface area is 97.7 Å². The Morgan fingerprint density at radius 2 is 2.46 bits per heavy atom. The number of halogens is 1. The van der Waals surface area contributed by atoms with Crippen LogP contribution in [0.3, 0.4) is 0 Å². The van der Waals surface area contributed by atoms with Gasteiger partial charge in [0.15, 0.2) is 0 Å². The second kappa shape index (κ2) is 4.20. The van der Waals surface area contributed by atoms with Crippen LogP contribution < -0.4 is 0 Å². The van der Waals surface area contributed by atoms with Crippen LogP contribution in [0.4, 0.5) is 0 Å². The number of pyridine rings is 1. The topological polar surface area (TPSA) is 22.1 Å². The number of hydrogen-bond acceptors (Lipinski definition) is 2. The minimum absolute atomic E-state index is 0.122. The van der Waals surface area contributed by atoms with E-state index in [9.17, 15) is 0 Å². The van der Waals surface area contributed by atoms with E-state index in [-0.39, 0.29) is 4.60 Å². The van der Waals surface area contributed by atoms with E-state index in [1.807, 2.05) is 0 Å². The summed E-state index contributed by atoms with van der Waals surface area (Å²) in [5, 5.41) is 0. The highest BCUT2D eigenvalue weighted by atomic mass is 79.9. The molecular formula is C10H12BrNO. The van der Waals surface area contributed by atoms with Gasteiger partial charge in [-0.3, -0.25) is 0 Å². The molecule has 0 amide bonds. The molecule has 0 saturated carbocycles. The first kappa shape index (κ1) is 3.63. The molecule has 0 spiro atoms. The molecule has 1 aliphatic heterocycles. The summed E-state index contributed by atoms with van der Waals surface area (Å²) in [6.45, 7) is -1.05. The molecule has 0 N–H and O–H groups in total. The molecule has 1 saturated heterocycles. The van der Waals surface area contributed by atoms with Crippen molar-refractivity contribution in [2.75, 3.05) is 13.2 Å². The third-order valence-electron chi connectivity index (χ3n) is 1.52. The van der Waals surface area contributed by atoms with Gasteiger partial charge in [0.05, 0.1) is 4.11 Å². The zero-order valence-electron chi connectivity index (χ0n) is 14.6. The Balaban J connectivity index is 2.84. The van der Waals surface area contributed by atoms with Crippen LogP contribution in [0.2, 0.25) is 0 Å². The summed E-state index contributed by atoms with van der Waals surface area (Å²) in [6, 6.07) is -1.08. The number of ether oxygens (including phenoxy) is 1. The van der Waals surface area contributed by atoms with Crippen LogP contribution in [0.1, 0.15) is 35.2 Å². The van der Waals surface area contributed by atoms with Crippen molar-refractivity contribution in [3.05, 3.63) is 28.4 Å². The van der Waals surface area contributed by atoms with Crippen molar-refractivity contribution in [3.63, 3.8) is 0 Å². The lowest BCUT2D eigenvalue weighted by atomic mass is 9.93. The molecule has 0 aromatic carbocycles. The van der Waals surface area contributed by atoms with Gasteiger partial charge >= 0.3 is 0 Å². The van der Waals surface area contributed by atoms with Crippen LogP contribution in [-0.4, -0.2) is 18.2 Å². The molecule has 0 atom stereocenters. The maximum Gasteiger partial charge on any atom is 0.106 e. The summed E-state index contributed by atoms with van der Waals surface area (Å²) in [5.74, 6) is -2.55. The Bertz CT molecular complexity index is 551. The van der Waals surface area contributed by atoms with Crippen LogP contribution in [0.25, 0.3) is 0 Å². The molecule has 2 heterocycles. The van der Waals surface area contributed by atoms with E-state index in [1.54, 1.807) is 0 Å². The first-order valence-electron chi connectivity index (χ1n) is 7.67. The second-order valence-corrected chi connectivity index (χ2v) is 3.11. The zero-order chi connectivity index (χ0) is 16.2. The van der Waals surface area contributed by atoms with Gasteiger partial charge in [-0.15, -0.1) is 0 Å². The van der Waals surface area contributed by atoms with Gasteiger partial charge in [0.25, 0.3) is 0 Å². The maximum atomic E-state index is 8.44. The lowest BCUT2D eigenvalue weighted by Crippen LogP contribution is -2.14. The third kappa shape index (κ3) is 2.29. The van der Waals surface area contributed by atoms with Crippen molar-refractivity contribution in [2.24, 2.45) is 0 Å². The fraction of sp³-hybridized carbons (Fsp3) is 0.500. The molecule has 13 heavy (non-hydrogen) atoms. The zero-order valence-corrected chi connectivity index (χ0v) is 8.23. The summed E-state index contributed by atoms with van der Waals surface area (Å²) < 4.78 is 68.4. The molecule has 0 radical (unpaired) electrons. The molecule has 1 fully saturated rings. The summed E-state index contributed by atoms with van der Waals surface area (Å²) in [7, 11) is 0. The van der Waals surface area contributed by atoms with Crippen LogP contribution in [0.5, 0.6) is 0 Å².